The SMILES string of the molecule is CC1=C(CO[C@H]2O[C@@H](CO)[C@H](O)[C@@H](O)[C@@H]2O)[C@@H]([C@H](CO)C(=O)O)CC1. The smallest absolute Gasteiger partial charge is 0.309 e. The zero-order chi connectivity index (χ0) is 18.7. The number of rotatable bonds is 7. The number of carbonyl (C=O) groups is 1. The summed E-state index contributed by atoms with van der Waals surface area (Å²) in [5.74, 6) is -2.41. The predicted molar refractivity (Wildman–Crippen MR) is 83.4 cm³/mol. The summed E-state index contributed by atoms with van der Waals surface area (Å²) in [6, 6.07) is 0. The fourth-order valence-electron chi connectivity index (χ4n) is 3.45. The Labute approximate surface area is 145 Å². The van der Waals surface area contributed by atoms with Gasteiger partial charge in [0.25, 0.3) is 0 Å². The summed E-state index contributed by atoms with van der Waals surface area (Å²) >= 11 is 0. The largest absolute Gasteiger partial charge is 0.481 e. The van der Waals surface area contributed by atoms with Crippen LogP contribution in [0.3, 0.4) is 0 Å². The third-order valence-electron chi connectivity index (χ3n) is 5.08. The highest BCUT2D eigenvalue weighted by Gasteiger charge is 2.44. The van der Waals surface area contributed by atoms with Crippen LogP contribution in [0.5, 0.6) is 0 Å². The molecule has 1 aliphatic carbocycles. The lowest BCUT2D eigenvalue weighted by Crippen LogP contribution is -2.59. The summed E-state index contributed by atoms with van der Waals surface area (Å²) in [4.78, 5) is 11.3. The second-order valence-electron chi connectivity index (χ2n) is 6.59. The molecular weight excluding hydrogens is 336 g/mol. The third kappa shape index (κ3) is 4.20. The maximum atomic E-state index is 11.3. The lowest BCUT2D eigenvalue weighted by molar-refractivity contribution is -0.299. The molecule has 7 atom stereocenters. The molecule has 0 unspecified atom stereocenters. The van der Waals surface area contributed by atoms with Crippen LogP contribution in [0.2, 0.25) is 0 Å². The van der Waals surface area contributed by atoms with Gasteiger partial charge in [0.1, 0.15) is 24.4 Å². The number of aliphatic hydroxyl groups is 5. The van der Waals surface area contributed by atoms with Gasteiger partial charge in [-0.05, 0) is 31.3 Å². The fraction of sp³-hybridized carbons (Fsp3) is 0.812. The topological polar surface area (TPSA) is 157 Å². The van der Waals surface area contributed by atoms with E-state index in [9.17, 15) is 35.4 Å². The van der Waals surface area contributed by atoms with Crippen molar-refractivity contribution in [3.8, 4) is 0 Å². The van der Waals surface area contributed by atoms with E-state index in [2.05, 4.69) is 0 Å². The first-order chi connectivity index (χ1) is 11.8. The summed E-state index contributed by atoms with van der Waals surface area (Å²) < 4.78 is 10.8. The normalized spacial score (nSPS) is 37.4. The molecule has 1 saturated heterocycles. The van der Waals surface area contributed by atoms with Gasteiger partial charge < -0.3 is 40.1 Å². The summed E-state index contributed by atoms with van der Waals surface area (Å²) in [5.41, 5.74) is 1.67. The van der Waals surface area contributed by atoms with Gasteiger partial charge in [0.15, 0.2) is 6.29 Å². The lowest BCUT2D eigenvalue weighted by atomic mass is 9.87. The van der Waals surface area contributed by atoms with Crippen LogP contribution in [0.15, 0.2) is 11.1 Å². The van der Waals surface area contributed by atoms with Crippen LogP contribution >= 0.6 is 0 Å². The molecule has 25 heavy (non-hydrogen) atoms. The molecule has 9 nitrogen and oxygen atoms in total. The van der Waals surface area contributed by atoms with Gasteiger partial charge in [-0.15, -0.1) is 0 Å². The molecule has 6 N–H and O–H groups in total. The molecule has 0 aromatic carbocycles. The lowest BCUT2D eigenvalue weighted by Gasteiger charge is -2.39. The van der Waals surface area contributed by atoms with E-state index in [0.29, 0.717) is 12.8 Å². The van der Waals surface area contributed by atoms with Crippen molar-refractivity contribution in [2.24, 2.45) is 11.8 Å². The Morgan fingerprint density at radius 2 is 1.92 bits per heavy atom. The number of carboxylic acid groups (broad SMARTS) is 1. The van der Waals surface area contributed by atoms with Gasteiger partial charge in [-0.25, -0.2) is 0 Å². The van der Waals surface area contributed by atoms with Crippen molar-refractivity contribution >= 4 is 5.97 Å². The van der Waals surface area contributed by atoms with E-state index in [0.717, 1.165) is 11.1 Å². The van der Waals surface area contributed by atoms with Crippen molar-refractivity contribution < 1.29 is 44.9 Å². The van der Waals surface area contributed by atoms with E-state index >= 15 is 0 Å². The average Bonchev–Trinajstić information content (AvgIpc) is 2.93. The van der Waals surface area contributed by atoms with Gasteiger partial charge in [-0.3, -0.25) is 4.79 Å². The van der Waals surface area contributed by atoms with Crippen LogP contribution in [0, 0.1) is 11.8 Å². The number of hydrogen-bond donors (Lipinski definition) is 6. The fourth-order valence-corrected chi connectivity index (χ4v) is 3.45. The van der Waals surface area contributed by atoms with Crippen molar-refractivity contribution in [1.29, 1.82) is 0 Å². The Morgan fingerprint density at radius 3 is 2.48 bits per heavy atom. The van der Waals surface area contributed by atoms with Gasteiger partial charge in [0.2, 0.25) is 0 Å². The van der Waals surface area contributed by atoms with Gasteiger partial charge in [-0.1, -0.05) is 5.57 Å². The zero-order valence-corrected chi connectivity index (χ0v) is 14.0. The average molecular weight is 362 g/mol. The van der Waals surface area contributed by atoms with E-state index in [1.54, 1.807) is 0 Å². The highest BCUT2D eigenvalue weighted by Crippen LogP contribution is 2.37. The first-order valence-corrected chi connectivity index (χ1v) is 8.26. The van der Waals surface area contributed by atoms with Gasteiger partial charge in [0.05, 0.1) is 25.7 Å². The molecule has 0 saturated carbocycles. The number of ether oxygens (including phenoxy) is 2. The minimum absolute atomic E-state index is 0.0387. The number of hydrogen-bond acceptors (Lipinski definition) is 8. The Morgan fingerprint density at radius 1 is 1.24 bits per heavy atom. The molecule has 144 valence electrons. The molecule has 2 rings (SSSR count). The molecule has 0 radical (unpaired) electrons. The van der Waals surface area contributed by atoms with Crippen LogP contribution in [-0.2, 0) is 14.3 Å². The molecule has 1 fully saturated rings. The van der Waals surface area contributed by atoms with Crippen LogP contribution in [0.1, 0.15) is 19.8 Å². The monoisotopic (exact) mass is 362 g/mol. The molecule has 2 aliphatic rings. The molecule has 0 amide bonds. The number of allylic oxidation sites excluding steroid dienone is 1. The second-order valence-corrected chi connectivity index (χ2v) is 6.59. The van der Waals surface area contributed by atoms with Gasteiger partial charge in [0, 0.05) is 0 Å². The Balaban J connectivity index is 2.05. The Hall–Kier alpha value is -1.07. The standard InChI is InChI=1S/C16H26O9/c1-7-2-3-8(9(4-17)15(22)23)10(7)6-24-16-14(21)13(20)12(19)11(5-18)25-16/h8-9,11-14,16-21H,2-6H2,1H3,(H,22,23)/t8-,9+,11+,12+,13-,14+,16+/m1/s1. The molecule has 0 aromatic heterocycles. The summed E-state index contributed by atoms with van der Waals surface area (Å²) in [5, 5.41) is 57.3. The minimum Gasteiger partial charge on any atom is -0.481 e. The van der Waals surface area contributed by atoms with E-state index < -0.39 is 55.8 Å². The van der Waals surface area contributed by atoms with E-state index in [4.69, 9.17) is 9.47 Å². The summed E-state index contributed by atoms with van der Waals surface area (Å²) in [7, 11) is 0. The number of aliphatic hydroxyl groups excluding tert-OH is 5. The molecule has 1 aliphatic heterocycles. The highest BCUT2D eigenvalue weighted by atomic mass is 16.7. The number of carboxylic acids is 1. The van der Waals surface area contributed by atoms with Crippen molar-refractivity contribution in [1.82, 2.24) is 0 Å². The quantitative estimate of drug-likeness (QED) is 0.288. The molecule has 9 heteroatoms. The maximum Gasteiger partial charge on any atom is 0.309 e. The molecular formula is C16H26O9. The number of aliphatic carboxylic acids is 1. The Bertz CT molecular complexity index is 504. The minimum atomic E-state index is -1.53. The zero-order valence-electron chi connectivity index (χ0n) is 14.0. The molecule has 0 aromatic rings. The van der Waals surface area contributed by atoms with E-state index in [1.807, 2.05) is 6.92 Å². The molecule has 0 spiro atoms. The maximum absolute atomic E-state index is 11.3. The van der Waals surface area contributed by atoms with E-state index in [-0.39, 0.29) is 12.5 Å². The molecule has 0 bridgehead atoms. The van der Waals surface area contributed by atoms with E-state index in [1.165, 1.54) is 0 Å². The van der Waals surface area contributed by atoms with Gasteiger partial charge in [-0.2, -0.15) is 0 Å². The molecule has 1 heterocycles. The first-order valence-electron chi connectivity index (χ1n) is 8.26. The van der Waals surface area contributed by atoms with Crippen LogP contribution in [-0.4, -0.2) is 87.1 Å². The van der Waals surface area contributed by atoms with Crippen molar-refractivity contribution in [3.05, 3.63) is 11.1 Å². The predicted octanol–water partition coefficient (Wildman–Crippen LogP) is -1.78. The Kier molecular flexibility index (Phi) is 6.92. The second kappa shape index (κ2) is 8.54. The first kappa shape index (κ1) is 20.2. The summed E-state index contributed by atoms with van der Waals surface area (Å²) in [6.07, 6.45) is -5.58. The van der Waals surface area contributed by atoms with Crippen molar-refractivity contribution in [2.75, 3.05) is 19.8 Å². The summed E-state index contributed by atoms with van der Waals surface area (Å²) in [6.45, 7) is 0.767. The van der Waals surface area contributed by atoms with Crippen LogP contribution in [0.4, 0.5) is 0 Å². The van der Waals surface area contributed by atoms with Crippen LogP contribution < -0.4 is 0 Å². The van der Waals surface area contributed by atoms with Gasteiger partial charge >= 0.3 is 5.97 Å². The van der Waals surface area contributed by atoms with Crippen LogP contribution in [0.25, 0.3) is 0 Å². The van der Waals surface area contributed by atoms with Crippen molar-refractivity contribution in [2.45, 2.75) is 50.5 Å². The third-order valence-corrected chi connectivity index (χ3v) is 5.08. The van der Waals surface area contributed by atoms with Crippen molar-refractivity contribution in [3.63, 3.8) is 0 Å². The highest BCUT2D eigenvalue weighted by molar-refractivity contribution is 5.71.